The predicted octanol–water partition coefficient (Wildman–Crippen LogP) is 15.0. The Hall–Kier alpha value is -5.80. The van der Waals surface area contributed by atoms with Gasteiger partial charge in [-0.2, -0.15) is 0 Å². The molecule has 2 aromatic heterocycles. The van der Waals surface area contributed by atoms with Crippen LogP contribution in [0.4, 0.5) is 0 Å². The fraction of sp³-hybridized carbons (Fsp3) is 0. The summed E-state index contributed by atoms with van der Waals surface area (Å²) in [4.78, 5) is 0. The highest BCUT2D eigenvalue weighted by molar-refractivity contribution is 7.28. The van der Waals surface area contributed by atoms with Crippen molar-refractivity contribution in [3.05, 3.63) is 158 Å². The third-order valence-corrected chi connectivity index (χ3v) is 13.2. The van der Waals surface area contributed by atoms with Gasteiger partial charge in [0, 0.05) is 45.9 Å². The van der Waals surface area contributed by atoms with Crippen LogP contribution >= 0.6 is 22.7 Å². The lowest BCUT2D eigenvalue weighted by molar-refractivity contribution is 1.70. The number of hydrogen-bond donors (Lipinski definition) is 0. The van der Waals surface area contributed by atoms with Gasteiger partial charge in [-0.25, -0.2) is 0 Å². The van der Waals surface area contributed by atoms with Gasteiger partial charge in [0.1, 0.15) is 0 Å². The molecule has 0 atom stereocenters. The number of thiophene rings is 2. The zero-order valence-electron chi connectivity index (χ0n) is 26.8. The average molecular weight is 667 g/mol. The highest BCUT2D eigenvalue weighted by atomic mass is 32.1. The summed E-state index contributed by atoms with van der Waals surface area (Å²) in [6.07, 6.45) is 0. The molecule has 10 aromatic carbocycles. The van der Waals surface area contributed by atoms with Crippen LogP contribution in [0, 0.1) is 0 Å². The van der Waals surface area contributed by atoms with E-state index in [9.17, 15) is 0 Å². The molecule has 0 aliphatic rings. The number of hydrogen-bond acceptors (Lipinski definition) is 2. The van der Waals surface area contributed by atoms with Crippen LogP contribution in [0.2, 0.25) is 0 Å². The SMILES string of the molecule is c1ccc2c(c1)ccc1cc(-c3ccc4ccc5c(-c6c7c(cc8sc9ccccc9c68)sc6ccccc67)ccc6ccc3c4c65)ccc12. The largest absolute Gasteiger partial charge is 0.135 e. The van der Waals surface area contributed by atoms with Crippen molar-refractivity contribution in [1.29, 1.82) is 0 Å². The van der Waals surface area contributed by atoms with E-state index in [1.54, 1.807) is 0 Å². The molecule has 0 saturated carbocycles. The van der Waals surface area contributed by atoms with Crippen molar-refractivity contribution in [2.75, 3.05) is 0 Å². The van der Waals surface area contributed by atoms with Crippen molar-refractivity contribution in [2.24, 2.45) is 0 Å². The van der Waals surface area contributed by atoms with Crippen LogP contribution < -0.4 is 0 Å². The molecule has 0 radical (unpaired) electrons. The summed E-state index contributed by atoms with van der Waals surface area (Å²) >= 11 is 3.83. The van der Waals surface area contributed by atoms with Gasteiger partial charge in [-0.3, -0.25) is 0 Å². The Kier molecular flexibility index (Phi) is 5.35. The minimum Gasteiger partial charge on any atom is -0.135 e. The molecule has 0 fully saturated rings. The molecule has 0 unspecified atom stereocenters. The monoisotopic (exact) mass is 666 g/mol. The molecular weight excluding hydrogens is 641 g/mol. The molecule has 230 valence electrons. The molecule has 0 amide bonds. The van der Waals surface area contributed by atoms with Crippen LogP contribution in [0.5, 0.6) is 0 Å². The molecule has 0 aliphatic carbocycles. The van der Waals surface area contributed by atoms with Crippen LogP contribution in [0.15, 0.2) is 158 Å². The lowest BCUT2D eigenvalue weighted by Crippen LogP contribution is -1.90. The van der Waals surface area contributed by atoms with E-state index in [1.807, 2.05) is 22.7 Å². The molecule has 0 saturated heterocycles. The summed E-state index contributed by atoms with van der Waals surface area (Å²) in [7, 11) is 0. The second-order valence-corrected chi connectivity index (χ2v) is 15.7. The van der Waals surface area contributed by atoms with Crippen molar-refractivity contribution in [3.63, 3.8) is 0 Å². The van der Waals surface area contributed by atoms with E-state index in [2.05, 4.69) is 158 Å². The van der Waals surface area contributed by atoms with Crippen LogP contribution in [-0.4, -0.2) is 0 Å². The summed E-state index contributed by atoms with van der Waals surface area (Å²) in [6, 6.07) is 59.3. The molecular formula is C48H26S2. The Bertz CT molecular complexity index is 3290. The molecule has 0 spiro atoms. The topological polar surface area (TPSA) is 0 Å². The third-order valence-electron chi connectivity index (χ3n) is 11.0. The number of rotatable bonds is 2. The van der Waals surface area contributed by atoms with Crippen LogP contribution in [-0.2, 0) is 0 Å². The number of benzene rings is 10. The summed E-state index contributed by atoms with van der Waals surface area (Å²) in [5.41, 5.74) is 5.22. The van der Waals surface area contributed by atoms with Crippen LogP contribution in [0.3, 0.4) is 0 Å². The fourth-order valence-corrected chi connectivity index (χ4v) is 11.2. The first kappa shape index (κ1) is 27.1. The lowest BCUT2D eigenvalue weighted by atomic mass is 9.85. The predicted molar refractivity (Wildman–Crippen MR) is 222 cm³/mol. The minimum absolute atomic E-state index is 1.26. The van der Waals surface area contributed by atoms with E-state index < -0.39 is 0 Å². The second-order valence-electron chi connectivity index (χ2n) is 13.6. The zero-order chi connectivity index (χ0) is 32.5. The van der Waals surface area contributed by atoms with E-state index in [0.29, 0.717) is 0 Å². The molecule has 0 aliphatic heterocycles. The molecule has 2 heterocycles. The van der Waals surface area contributed by atoms with Gasteiger partial charge in [-0.15, -0.1) is 22.7 Å². The summed E-state index contributed by atoms with van der Waals surface area (Å²) in [5.74, 6) is 0. The maximum absolute atomic E-state index is 2.44. The highest BCUT2D eigenvalue weighted by Crippen LogP contribution is 2.51. The zero-order valence-corrected chi connectivity index (χ0v) is 28.5. The molecule has 12 rings (SSSR count). The van der Waals surface area contributed by atoms with E-state index in [4.69, 9.17) is 0 Å². The summed E-state index contributed by atoms with van der Waals surface area (Å²) < 4.78 is 5.41. The molecule has 12 aromatic rings. The standard InChI is InChI=1S/C48H26S2/c1-2-8-32-27(7-1)13-14-30-25-31(19-21-33(30)32)34-20-15-28-17-23-36-37(24-18-29-16-22-35(34)44(28)45(29)36)48-46-38-9-3-5-11-40(38)49-42(46)26-43-47(48)39-10-4-6-12-41(39)50-43/h1-26H. The molecule has 0 N–H and O–H groups in total. The van der Waals surface area contributed by atoms with E-state index in [-0.39, 0.29) is 0 Å². The lowest BCUT2D eigenvalue weighted by Gasteiger charge is -2.18. The van der Waals surface area contributed by atoms with Gasteiger partial charge in [-0.1, -0.05) is 133 Å². The maximum atomic E-state index is 2.44. The molecule has 50 heavy (non-hydrogen) atoms. The van der Waals surface area contributed by atoms with E-state index in [1.165, 1.54) is 116 Å². The first-order valence-electron chi connectivity index (χ1n) is 17.2. The quantitative estimate of drug-likeness (QED) is 0.161. The highest BCUT2D eigenvalue weighted by Gasteiger charge is 2.22. The van der Waals surface area contributed by atoms with Gasteiger partial charge in [-0.05, 0) is 94.8 Å². The van der Waals surface area contributed by atoms with Crippen molar-refractivity contribution in [1.82, 2.24) is 0 Å². The smallest absolute Gasteiger partial charge is 0.0376 e. The average Bonchev–Trinajstić information content (AvgIpc) is 3.73. The fourth-order valence-electron chi connectivity index (χ4n) is 8.81. The molecule has 0 nitrogen and oxygen atoms in total. The Labute approximate surface area is 295 Å². The van der Waals surface area contributed by atoms with Crippen molar-refractivity contribution >= 4 is 117 Å². The van der Waals surface area contributed by atoms with Gasteiger partial charge < -0.3 is 0 Å². The van der Waals surface area contributed by atoms with Gasteiger partial charge in [0.05, 0.1) is 0 Å². The number of fused-ring (bicyclic) bond motifs is 9. The Morgan fingerprint density at radius 3 is 1.48 bits per heavy atom. The van der Waals surface area contributed by atoms with Crippen molar-refractivity contribution in [2.45, 2.75) is 0 Å². The van der Waals surface area contributed by atoms with Crippen LogP contribution in [0.1, 0.15) is 0 Å². The summed E-state index contributed by atoms with van der Waals surface area (Å²) in [6.45, 7) is 0. The Morgan fingerprint density at radius 1 is 0.280 bits per heavy atom. The van der Waals surface area contributed by atoms with Crippen molar-refractivity contribution in [3.8, 4) is 22.3 Å². The third kappa shape index (κ3) is 3.59. The maximum Gasteiger partial charge on any atom is 0.0376 e. The second kappa shape index (κ2) is 9.89. The first-order valence-corrected chi connectivity index (χ1v) is 18.8. The molecule has 2 heteroatoms. The van der Waals surface area contributed by atoms with Gasteiger partial charge in [0.2, 0.25) is 0 Å². The first-order chi connectivity index (χ1) is 24.8. The van der Waals surface area contributed by atoms with Gasteiger partial charge in [0.25, 0.3) is 0 Å². The molecule has 0 bridgehead atoms. The normalized spacial score (nSPS) is 12.4. The van der Waals surface area contributed by atoms with Gasteiger partial charge >= 0.3 is 0 Å². The van der Waals surface area contributed by atoms with Crippen LogP contribution in [0.25, 0.3) is 116 Å². The van der Waals surface area contributed by atoms with Gasteiger partial charge in [0.15, 0.2) is 0 Å². The summed E-state index contributed by atoms with van der Waals surface area (Å²) in [5, 5.41) is 18.5. The van der Waals surface area contributed by atoms with Crippen molar-refractivity contribution < 1.29 is 0 Å². The minimum atomic E-state index is 1.26. The Morgan fingerprint density at radius 2 is 0.780 bits per heavy atom. The van der Waals surface area contributed by atoms with E-state index in [0.717, 1.165) is 0 Å². The van der Waals surface area contributed by atoms with E-state index >= 15 is 0 Å². The Balaban J connectivity index is 1.18.